The highest BCUT2D eigenvalue weighted by molar-refractivity contribution is 7.14. The number of benzene rings is 2. The Labute approximate surface area is 177 Å². The lowest BCUT2D eigenvalue weighted by Gasteiger charge is -2.10. The molecular formula is C22H20N4O3S. The topological polar surface area (TPSA) is 96.3 Å². The number of rotatable bonds is 5. The number of hydrogen-bond donors (Lipinski definition) is 3. The summed E-state index contributed by atoms with van der Waals surface area (Å²) in [4.78, 5) is 28.7. The third-order valence-corrected chi connectivity index (χ3v) is 4.99. The number of para-hydroxylation sites is 1. The Morgan fingerprint density at radius 3 is 2.53 bits per heavy atom. The summed E-state index contributed by atoms with van der Waals surface area (Å²) >= 11 is 1.33. The van der Waals surface area contributed by atoms with Crippen molar-refractivity contribution in [1.29, 1.82) is 0 Å². The summed E-state index contributed by atoms with van der Waals surface area (Å²) in [6.07, 6.45) is 0. The van der Waals surface area contributed by atoms with Crippen LogP contribution in [0.2, 0.25) is 0 Å². The molecule has 4 aromatic rings. The molecule has 0 spiro atoms. The monoisotopic (exact) mass is 420 g/mol. The standard InChI is InChI=1S/C22H20N4O3S/c1-13(2)23-21(28)24-16-9-7-14(8-10-16)20(27)26-22-25-17(12-30-22)19-11-15-5-3-4-6-18(15)29-19/h3-13H,1-2H3,(H2,23,24,28)(H,25,26,27). The number of nitrogens with one attached hydrogen (secondary N) is 3. The number of furan rings is 1. The van der Waals surface area contributed by atoms with Gasteiger partial charge in [-0.2, -0.15) is 0 Å². The second-order valence-electron chi connectivity index (χ2n) is 6.97. The number of amides is 3. The quantitative estimate of drug-likeness (QED) is 0.406. The van der Waals surface area contributed by atoms with Crippen LogP contribution in [0.1, 0.15) is 24.2 Å². The molecular weight excluding hydrogens is 400 g/mol. The molecule has 0 aliphatic carbocycles. The molecule has 0 atom stereocenters. The molecule has 2 aromatic heterocycles. The van der Waals surface area contributed by atoms with E-state index >= 15 is 0 Å². The first kappa shape index (κ1) is 19.7. The minimum Gasteiger partial charge on any atom is -0.454 e. The number of aromatic nitrogens is 1. The average molecular weight is 420 g/mol. The Hall–Kier alpha value is -3.65. The van der Waals surface area contributed by atoms with Crippen LogP contribution in [-0.4, -0.2) is 23.0 Å². The molecule has 0 saturated carbocycles. The number of urea groups is 1. The Morgan fingerprint density at radius 1 is 1.03 bits per heavy atom. The summed E-state index contributed by atoms with van der Waals surface area (Å²) in [5.41, 5.74) is 2.53. The van der Waals surface area contributed by atoms with Gasteiger partial charge in [0.25, 0.3) is 5.91 Å². The van der Waals surface area contributed by atoms with Crippen LogP contribution in [0.25, 0.3) is 22.4 Å². The lowest BCUT2D eigenvalue weighted by molar-refractivity contribution is 0.102. The molecule has 4 rings (SSSR count). The molecule has 0 fully saturated rings. The van der Waals surface area contributed by atoms with E-state index in [0.29, 0.717) is 27.8 Å². The fourth-order valence-corrected chi connectivity index (χ4v) is 3.55. The van der Waals surface area contributed by atoms with Crippen LogP contribution >= 0.6 is 11.3 Å². The van der Waals surface area contributed by atoms with Gasteiger partial charge in [-0.3, -0.25) is 10.1 Å². The summed E-state index contributed by atoms with van der Waals surface area (Å²) in [5, 5.41) is 11.6. The van der Waals surface area contributed by atoms with Crippen molar-refractivity contribution in [3.8, 4) is 11.5 Å². The summed E-state index contributed by atoms with van der Waals surface area (Å²) in [7, 11) is 0. The van der Waals surface area contributed by atoms with Crippen LogP contribution in [0.3, 0.4) is 0 Å². The van der Waals surface area contributed by atoms with Crippen molar-refractivity contribution in [3.63, 3.8) is 0 Å². The molecule has 152 valence electrons. The number of thiazole rings is 1. The van der Waals surface area contributed by atoms with Gasteiger partial charge in [-0.1, -0.05) is 18.2 Å². The van der Waals surface area contributed by atoms with E-state index < -0.39 is 0 Å². The molecule has 0 saturated heterocycles. The zero-order chi connectivity index (χ0) is 21.1. The molecule has 0 aliphatic rings. The lowest BCUT2D eigenvalue weighted by Crippen LogP contribution is -2.34. The molecule has 3 N–H and O–H groups in total. The van der Waals surface area contributed by atoms with Crippen LogP contribution in [0.15, 0.2) is 64.4 Å². The summed E-state index contributed by atoms with van der Waals surface area (Å²) in [6, 6.07) is 16.1. The third kappa shape index (κ3) is 4.49. The molecule has 0 aliphatic heterocycles. The van der Waals surface area contributed by atoms with E-state index in [1.54, 1.807) is 24.3 Å². The second-order valence-corrected chi connectivity index (χ2v) is 7.83. The Bertz CT molecular complexity index is 1160. The molecule has 3 amide bonds. The van der Waals surface area contributed by atoms with Gasteiger partial charge in [-0.05, 0) is 50.2 Å². The van der Waals surface area contributed by atoms with E-state index in [1.807, 2.05) is 49.6 Å². The van der Waals surface area contributed by atoms with E-state index in [4.69, 9.17) is 4.42 Å². The molecule has 2 aromatic carbocycles. The fraction of sp³-hybridized carbons (Fsp3) is 0.136. The number of nitrogens with zero attached hydrogens (tertiary/aromatic N) is 1. The predicted molar refractivity (Wildman–Crippen MR) is 119 cm³/mol. The first-order chi connectivity index (χ1) is 14.5. The SMILES string of the molecule is CC(C)NC(=O)Nc1ccc(C(=O)Nc2nc(-c3cc4ccccc4o3)cs2)cc1. The zero-order valence-electron chi connectivity index (χ0n) is 16.4. The van der Waals surface area contributed by atoms with E-state index in [9.17, 15) is 9.59 Å². The first-order valence-corrected chi connectivity index (χ1v) is 10.3. The Morgan fingerprint density at radius 2 is 1.80 bits per heavy atom. The minimum absolute atomic E-state index is 0.0396. The van der Waals surface area contributed by atoms with Crippen molar-refractivity contribution in [2.24, 2.45) is 0 Å². The first-order valence-electron chi connectivity index (χ1n) is 9.41. The Kier molecular flexibility index (Phi) is 5.49. The molecule has 0 radical (unpaired) electrons. The Balaban J connectivity index is 1.41. The summed E-state index contributed by atoms with van der Waals surface area (Å²) in [5.74, 6) is 0.377. The lowest BCUT2D eigenvalue weighted by atomic mass is 10.2. The van der Waals surface area contributed by atoms with Crippen molar-refractivity contribution >= 4 is 45.1 Å². The van der Waals surface area contributed by atoms with Gasteiger partial charge in [0.2, 0.25) is 0 Å². The molecule has 0 bridgehead atoms. The van der Waals surface area contributed by atoms with Gasteiger partial charge in [-0.15, -0.1) is 11.3 Å². The molecule has 0 unspecified atom stereocenters. The normalized spacial score (nSPS) is 10.9. The van der Waals surface area contributed by atoms with Crippen molar-refractivity contribution in [3.05, 3.63) is 65.5 Å². The van der Waals surface area contributed by atoms with Gasteiger partial charge >= 0.3 is 6.03 Å². The number of fused-ring (bicyclic) bond motifs is 1. The van der Waals surface area contributed by atoms with E-state index in [1.165, 1.54) is 11.3 Å². The number of hydrogen-bond acceptors (Lipinski definition) is 5. The minimum atomic E-state index is -0.289. The van der Waals surface area contributed by atoms with Gasteiger partial charge < -0.3 is 15.1 Å². The van der Waals surface area contributed by atoms with Crippen molar-refractivity contribution < 1.29 is 14.0 Å². The number of carbonyl (C=O) groups excluding carboxylic acids is 2. The summed E-state index contributed by atoms with van der Waals surface area (Å²) in [6.45, 7) is 3.76. The van der Waals surface area contributed by atoms with E-state index in [0.717, 1.165) is 11.0 Å². The van der Waals surface area contributed by atoms with E-state index in [-0.39, 0.29) is 18.0 Å². The maximum atomic E-state index is 12.5. The fourth-order valence-electron chi connectivity index (χ4n) is 2.86. The smallest absolute Gasteiger partial charge is 0.319 e. The molecule has 8 heteroatoms. The van der Waals surface area contributed by atoms with Gasteiger partial charge in [0.05, 0.1) is 0 Å². The van der Waals surface area contributed by atoms with Crippen LogP contribution in [-0.2, 0) is 0 Å². The number of anilines is 2. The van der Waals surface area contributed by atoms with Crippen molar-refractivity contribution in [1.82, 2.24) is 10.3 Å². The second kappa shape index (κ2) is 8.38. The predicted octanol–water partition coefficient (Wildman–Crippen LogP) is 5.34. The highest BCUT2D eigenvalue weighted by Crippen LogP contribution is 2.30. The number of carbonyl (C=O) groups is 2. The molecule has 30 heavy (non-hydrogen) atoms. The van der Waals surface area contributed by atoms with Gasteiger partial charge in [-0.25, -0.2) is 9.78 Å². The average Bonchev–Trinajstić information content (AvgIpc) is 3.34. The van der Waals surface area contributed by atoms with Gasteiger partial charge in [0.1, 0.15) is 11.3 Å². The van der Waals surface area contributed by atoms with Gasteiger partial charge in [0, 0.05) is 28.1 Å². The maximum Gasteiger partial charge on any atom is 0.319 e. The molecule has 2 heterocycles. The largest absolute Gasteiger partial charge is 0.454 e. The van der Waals surface area contributed by atoms with Crippen LogP contribution < -0.4 is 16.0 Å². The van der Waals surface area contributed by atoms with Crippen LogP contribution in [0, 0.1) is 0 Å². The molecule has 7 nitrogen and oxygen atoms in total. The summed E-state index contributed by atoms with van der Waals surface area (Å²) < 4.78 is 5.82. The van der Waals surface area contributed by atoms with Crippen LogP contribution in [0.4, 0.5) is 15.6 Å². The zero-order valence-corrected chi connectivity index (χ0v) is 17.2. The van der Waals surface area contributed by atoms with Gasteiger partial charge in [0.15, 0.2) is 10.9 Å². The van der Waals surface area contributed by atoms with Crippen molar-refractivity contribution in [2.75, 3.05) is 10.6 Å². The van der Waals surface area contributed by atoms with E-state index in [2.05, 4.69) is 20.9 Å². The maximum absolute atomic E-state index is 12.5. The van der Waals surface area contributed by atoms with Crippen molar-refractivity contribution in [2.45, 2.75) is 19.9 Å². The highest BCUT2D eigenvalue weighted by atomic mass is 32.1. The van der Waals surface area contributed by atoms with Crippen LogP contribution in [0.5, 0.6) is 0 Å². The highest BCUT2D eigenvalue weighted by Gasteiger charge is 2.13. The third-order valence-electron chi connectivity index (χ3n) is 4.23.